The van der Waals surface area contributed by atoms with Crippen molar-refractivity contribution >= 4 is 5.91 Å². The number of hydrogen-bond donors (Lipinski definition) is 0. The van der Waals surface area contributed by atoms with Crippen LogP contribution in [0.15, 0.2) is 48.7 Å². The Morgan fingerprint density at radius 3 is 2.45 bits per heavy atom. The second kappa shape index (κ2) is 6.42. The van der Waals surface area contributed by atoms with E-state index >= 15 is 0 Å². The minimum Gasteiger partial charge on any atom is -0.347 e. The Hall–Kier alpha value is -2.03. The largest absolute Gasteiger partial charge is 0.347 e. The lowest BCUT2D eigenvalue weighted by Gasteiger charge is -2.29. The smallest absolute Gasteiger partial charge is 0.271 e. The molecule has 1 aromatic carbocycles. The highest BCUT2D eigenvalue weighted by Gasteiger charge is 2.22. The van der Waals surface area contributed by atoms with Gasteiger partial charge in [-0.1, -0.05) is 37.3 Å². The molecule has 0 aliphatic rings. The summed E-state index contributed by atoms with van der Waals surface area (Å²) in [7, 11) is 1.91. The van der Waals surface area contributed by atoms with Crippen LogP contribution in [0.5, 0.6) is 0 Å². The van der Waals surface area contributed by atoms with Crippen LogP contribution in [-0.4, -0.2) is 21.4 Å². The number of benzene rings is 1. The van der Waals surface area contributed by atoms with Crippen LogP contribution in [0.3, 0.4) is 0 Å². The van der Waals surface area contributed by atoms with E-state index < -0.39 is 0 Å². The second-order valence-corrected chi connectivity index (χ2v) is 5.18. The summed E-state index contributed by atoms with van der Waals surface area (Å²) in [4.78, 5) is 14.7. The fourth-order valence-electron chi connectivity index (χ4n) is 2.26. The van der Waals surface area contributed by atoms with Crippen LogP contribution in [0.4, 0.5) is 0 Å². The highest BCUT2D eigenvalue weighted by atomic mass is 16.2. The van der Waals surface area contributed by atoms with Crippen molar-refractivity contribution in [1.82, 2.24) is 9.47 Å². The van der Waals surface area contributed by atoms with E-state index in [4.69, 9.17) is 0 Å². The van der Waals surface area contributed by atoms with Gasteiger partial charge >= 0.3 is 0 Å². The molecule has 3 nitrogen and oxygen atoms in total. The monoisotopic (exact) mass is 270 g/mol. The van der Waals surface area contributed by atoms with E-state index in [2.05, 4.69) is 26.0 Å². The van der Waals surface area contributed by atoms with E-state index in [0.717, 1.165) is 17.7 Å². The molecule has 0 bridgehead atoms. The molecule has 0 N–H and O–H groups in total. The van der Waals surface area contributed by atoms with Crippen molar-refractivity contribution in [2.75, 3.05) is 0 Å². The summed E-state index contributed by atoms with van der Waals surface area (Å²) >= 11 is 0. The molecule has 20 heavy (non-hydrogen) atoms. The first-order chi connectivity index (χ1) is 9.63. The van der Waals surface area contributed by atoms with Gasteiger partial charge in [-0.3, -0.25) is 4.79 Å². The summed E-state index contributed by atoms with van der Waals surface area (Å²) in [5.41, 5.74) is 1.90. The quantitative estimate of drug-likeness (QED) is 0.816. The Morgan fingerprint density at radius 1 is 1.20 bits per heavy atom. The molecule has 1 heterocycles. The SMILES string of the molecule is CCC(C)N(Cc1ccccc1)C(=O)c1cccn1C. The topological polar surface area (TPSA) is 25.2 Å². The number of carbonyl (C=O) groups excluding carboxylic acids is 1. The number of aromatic nitrogens is 1. The van der Waals surface area contributed by atoms with Crippen molar-refractivity contribution in [3.63, 3.8) is 0 Å². The summed E-state index contributed by atoms with van der Waals surface area (Å²) in [5.74, 6) is 0.0932. The summed E-state index contributed by atoms with van der Waals surface area (Å²) in [6, 6.07) is 14.1. The lowest BCUT2D eigenvalue weighted by atomic mass is 10.1. The number of hydrogen-bond acceptors (Lipinski definition) is 1. The van der Waals surface area contributed by atoms with Gasteiger partial charge in [-0.15, -0.1) is 0 Å². The minimum absolute atomic E-state index is 0.0932. The van der Waals surface area contributed by atoms with E-state index in [1.807, 2.05) is 53.0 Å². The van der Waals surface area contributed by atoms with Gasteiger partial charge in [0.2, 0.25) is 0 Å². The number of aryl methyl sites for hydroxylation is 1. The molecule has 1 unspecified atom stereocenters. The molecule has 0 aliphatic heterocycles. The summed E-state index contributed by atoms with van der Waals surface area (Å²) in [6.07, 6.45) is 2.85. The summed E-state index contributed by atoms with van der Waals surface area (Å²) in [5, 5.41) is 0. The van der Waals surface area contributed by atoms with Crippen LogP contribution < -0.4 is 0 Å². The molecule has 2 aromatic rings. The molecule has 0 radical (unpaired) electrons. The maximum absolute atomic E-state index is 12.7. The zero-order chi connectivity index (χ0) is 14.5. The predicted molar refractivity (Wildman–Crippen MR) is 81.5 cm³/mol. The predicted octanol–water partition coefficient (Wildman–Crippen LogP) is 3.47. The van der Waals surface area contributed by atoms with Gasteiger partial charge in [0.25, 0.3) is 5.91 Å². The van der Waals surface area contributed by atoms with Crippen molar-refractivity contribution in [2.45, 2.75) is 32.9 Å². The number of carbonyl (C=O) groups is 1. The summed E-state index contributed by atoms with van der Waals surface area (Å²) in [6.45, 7) is 4.87. The Balaban J connectivity index is 2.24. The Bertz CT molecular complexity index is 559. The first-order valence-corrected chi connectivity index (χ1v) is 7.09. The molecule has 3 heteroatoms. The highest BCUT2D eigenvalue weighted by Crippen LogP contribution is 2.15. The van der Waals surface area contributed by atoms with Crippen molar-refractivity contribution < 1.29 is 4.79 Å². The first kappa shape index (κ1) is 14.4. The molecule has 0 spiro atoms. The van der Waals surface area contributed by atoms with E-state index in [-0.39, 0.29) is 11.9 Å². The maximum atomic E-state index is 12.7. The van der Waals surface area contributed by atoms with E-state index in [1.54, 1.807) is 0 Å². The van der Waals surface area contributed by atoms with Crippen LogP contribution in [-0.2, 0) is 13.6 Å². The van der Waals surface area contributed by atoms with Crippen molar-refractivity contribution in [3.8, 4) is 0 Å². The molecule has 1 atom stereocenters. The molecular formula is C17H22N2O. The van der Waals surface area contributed by atoms with Crippen LogP contribution in [0.2, 0.25) is 0 Å². The Morgan fingerprint density at radius 2 is 1.90 bits per heavy atom. The van der Waals surface area contributed by atoms with Crippen LogP contribution in [0.25, 0.3) is 0 Å². The number of rotatable bonds is 5. The van der Waals surface area contributed by atoms with Gasteiger partial charge in [0.05, 0.1) is 0 Å². The lowest BCUT2D eigenvalue weighted by Crippen LogP contribution is -2.38. The van der Waals surface area contributed by atoms with Gasteiger partial charge in [-0.05, 0) is 31.0 Å². The third kappa shape index (κ3) is 3.10. The molecule has 2 rings (SSSR count). The molecule has 106 valence electrons. The average Bonchev–Trinajstić information content (AvgIpc) is 2.90. The lowest BCUT2D eigenvalue weighted by molar-refractivity contribution is 0.0661. The normalized spacial score (nSPS) is 12.2. The average molecular weight is 270 g/mol. The maximum Gasteiger partial charge on any atom is 0.271 e. The Labute approximate surface area is 120 Å². The molecule has 0 aliphatic carbocycles. The Kier molecular flexibility index (Phi) is 4.61. The van der Waals surface area contributed by atoms with Gasteiger partial charge < -0.3 is 9.47 Å². The number of nitrogens with zero attached hydrogens (tertiary/aromatic N) is 2. The van der Waals surface area contributed by atoms with Crippen LogP contribution >= 0.6 is 0 Å². The van der Waals surface area contributed by atoms with Gasteiger partial charge in [0.15, 0.2) is 0 Å². The van der Waals surface area contributed by atoms with Crippen molar-refractivity contribution in [1.29, 1.82) is 0 Å². The fraction of sp³-hybridized carbons (Fsp3) is 0.353. The van der Waals surface area contributed by atoms with Gasteiger partial charge in [-0.25, -0.2) is 0 Å². The molecule has 0 saturated carbocycles. The van der Waals surface area contributed by atoms with E-state index in [1.165, 1.54) is 0 Å². The standard InChI is InChI=1S/C17H22N2O/c1-4-14(2)19(13-15-9-6-5-7-10-15)17(20)16-11-8-12-18(16)3/h5-12,14H,4,13H2,1-3H3. The molecule has 1 amide bonds. The third-order valence-electron chi connectivity index (χ3n) is 3.74. The summed E-state index contributed by atoms with van der Waals surface area (Å²) < 4.78 is 1.88. The highest BCUT2D eigenvalue weighted by molar-refractivity contribution is 5.93. The second-order valence-electron chi connectivity index (χ2n) is 5.18. The van der Waals surface area contributed by atoms with Gasteiger partial charge in [-0.2, -0.15) is 0 Å². The first-order valence-electron chi connectivity index (χ1n) is 7.09. The molecule has 0 saturated heterocycles. The van der Waals surface area contributed by atoms with Crippen molar-refractivity contribution in [3.05, 3.63) is 59.9 Å². The molecule has 0 fully saturated rings. The molecular weight excluding hydrogens is 248 g/mol. The van der Waals surface area contributed by atoms with Gasteiger partial charge in [0.1, 0.15) is 5.69 Å². The van der Waals surface area contributed by atoms with Gasteiger partial charge in [0, 0.05) is 25.8 Å². The minimum atomic E-state index is 0.0932. The number of amides is 1. The van der Waals surface area contributed by atoms with Crippen LogP contribution in [0.1, 0.15) is 36.3 Å². The van der Waals surface area contributed by atoms with Crippen LogP contribution in [0, 0.1) is 0 Å². The molecule has 1 aromatic heterocycles. The third-order valence-corrected chi connectivity index (χ3v) is 3.74. The zero-order valence-electron chi connectivity index (χ0n) is 12.4. The van der Waals surface area contributed by atoms with E-state index in [9.17, 15) is 4.79 Å². The fourth-order valence-corrected chi connectivity index (χ4v) is 2.26. The zero-order valence-corrected chi connectivity index (χ0v) is 12.4. The van der Waals surface area contributed by atoms with Crippen molar-refractivity contribution in [2.24, 2.45) is 7.05 Å². The van der Waals surface area contributed by atoms with E-state index in [0.29, 0.717) is 6.54 Å².